The number of non-ortho nitro benzene ring substituents is 1. The second-order valence-corrected chi connectivity index (χ2v) is 8.72. The van der Waals surface area contributed by atoms with Crippen LogP contribution in [0.1, 0.15) is 9.67 Å². The van der Waals surface area contributed by atoms with Crippen LogP contribution in [-0.4, -0.2) is 61.1 Å². The van der Waals surface area contributed by atoms with Crippen molar-refractivity contribution in [1.82, 2.24) is 9.21 Å². The van der Waals surface area contributed by atoms with E-state index in [1.165, 1.54) is 39.9 Å². The molecule has 3 rings (SSSR count). The molecule has 8 nitrogen and oxygen atoms in total. The lowest BCUT2D eigenvalue weighted by Crippen LogP contribution is -2.49. The molecule has 1 fully saturated rings. The van der Waals surface area contributed by atoms with Gasteiger partial charge in [-0.3, -0.25) is 19.8 Å². The van der Waals surface area contributed by atoms with Crippen LogP contribution in [0.3, 0.4) is 0 Å². The Morgan fingerprint density at radius 3 is 2.31 bits per heavy atom. The number of sulfonamides is 1. The van der Waals surface area contributed by atoms with Gasteiger partial charge in [0, 0.05) is 38.3 Å². The molecule has 0 saturated carbocycles. The van der Waals surface area contributed by atoms with Gasteiger partial charge < -0.3 is 0 Å². The summed E-state index contributed by atoms with van der Waals surface area (Å²) in [5, 5.41) is 12.5. The first kappa shape index (κ1) is 18.6. The fraction of sp³-hybridized carbons (Fsp3) is 0.312. The normalized spacial score (nSPS) is 16.5. The highest BCUT2D eigenvalue weighted by atomic mass is 32.2. The number of nitro groups is 1. The van der Waals surface area contributed by atoms with Gasteiger partial charge >= 0.3 is 0 Å². The molecular formula is C16H17N3O5S2. The molecule has 1 saturated heterocycles. The molecule has 1 aliphatic rings. The van der Waals surface area contributed by atoms with Gasteiger partial charge in [0.15, 0.2) is 5.78 Å². The van der Waals surface area contributed by atoms with Crippen molar-refractivity contribution in [2.45, 2.75) is 4.90 Å². The van der Waals surface area contributed by atoms with E-state index in [0.29, 0.717) is 18.0 Å². The smallest absolute Gasteiger partial charge is 0.269 e. The number of carbonyl (C=O) groups excluding carboxylic acids is 1. The number of ketones is 1. The molecule has 1 aromatic carbocycles. The van der Waals surface area contributed by atoms with Crippen molar-refractivity contribution >= 4 is 32.8 Å². The number of hydrogen-bond acceptors (Lipinski definition) is 7. The largest absolute Gasteiger partial charge is 0.293 e. The van der Waals surface area contributed by atoms with Gasteiger partial charge in [-0.05, 0) is 23.6 Å². The molecule has 10 heteroatoms. The van der Waals surface area contributed by atoms with Gasteiger partial charge in [-0.2, -0.15) is 4.31 Å². The van der Waals surface area contributed by atoms with E-state index in [0.717, 1.165) is 0 Å². The zero-order valence-electron chi connectivity index (χ0n) is 13.8. The van der Waals surface area contributed by atoms with Gasteiger partial charge in [-0.25, -0.2) is 8.42 Å². The fourth-order valence-electron chi connectivity index (χ4n) is 2.74. The van der Waals surface area contributed by atoms with Gasteiger partial charge in [0.1, 0.15) is 0 Å². The van der Waals surface area contributed by atoms with Crippen molar-refractivity contribution < 1.29 is 18.1 Å². The molecule has 1 aliphatic heterocycles. The molecule has 1 aromatic heterocycles. The summed E-state index contributed by atoms with van der Waals surface area (Å²) in [6.07, 6.45) is 0. The standard InChI is InChI=1S/C16H17N3O5S2/c20-15(16-2-1-11-25-16)12-17-7-9-18(10-8-17)26(23,24)14-5-3-13(4-6-14)19(21)22/h1-6,11H,7-10,12H2. The van der Waals surface area contributed by atoms with E-state index in [1.807, 2.05) is 16.3 Å². The molecule has 0 spiro atoms. The summed E-state index contributed by atoms with van der Waals surface area (Å²) in [5.74, 6) is 0.0340. The van der Waals surface area contributed by atoms with Crippen LogP contribution in [0.25, 0.3) is 0 Å². The Bertz CT molecular complexity index is 886. The van der Waals surface area contributed by atoms with Crippen LogP contribution in [0.4, 0.5) is 5.69 Å². The quantitative estimate of drug-likeness (QED) is 0.420. The van der Waals surface area contributed by atoms with Crippen molar-refractivity contribution in [3.8, 4) is 0 Å². The summed E-state index contributed by atoms with van der Waals surface area (Å²) in [6.45, 7) is 1.74. The number of nitro benzene ring substituents is 1. The SMILES string of the molecule is O=C(CN1CCN(S(=O)(=O)c2ccc([N+](=O)[O-])cc2)CC1)c1cccs1. The predicted molar refractivity (Wildman–Crippen MR) is 96.9 cm³/mol. The van der Waals surface area contributed by atoms with Gasteiger partial charge in [0.25, 0.3) is 5.69 Å². The lowest BCUT2D eigenvalue weighted by molar-refractivity contribution is -0.384. The number of nitrogens with zero attached hydrogens (tertiary/aromatic N) is 3. The Labute approximate surface area is 154 Å². The van der Waals surface area contributed by atoms with Crippen LogP contribution in [0.15, 0.2) is 46.7 Å². The zero-order chi connectivity index (χ0) is 18.7. The number of benzene rings is 1. The molecule has 0 N–H and O–H groups in total. The van der Waals surface area contributed by atoms with E-state index in [-0.39, 0.29) is 36.0 Å². The van der Waals surface area contributed by atoms with Crippen LogP contribution in [0.5, 0.6) is 0 Å². The maximum atomic E-state index is 12.7. The van der Waals surface area contributed by atoms with E-state index in [4.69, 9.17) is 0 Å². The first-order valence-electron chi connectivity index (χ1n) is 7.91. The van der Waals surface area contributed by atoms with Crippen LogP contribution >= 0.6 is 11.3 Å². The van der Waals surface area contributed by atoms with E-state index in [1.54, 1.807) is 6.07 Å². The second kappa shape index (κ2) is 7.62. The van der Waals surface area contributed by atoms with Crippen molar-refractivity contribution in [2.75, 3.05) is 32.7 Å². The molecule has 2 aromatic rings. The minimum atomic E-state index is -3.70. The highest BCUT2D eigenvalue weighted by Crippen LogP contribution is 2.21. The average molecular weight is 395 g/mol. The van der Waals surface area contributed by atoms with Gasteiger partial charge in [0.05, 0.1) is 21.2 Å². The van der Waals surface area contributed by atoms with E-state index >= 15 is 0 Å². The summed E-state index contributed by atoms with van der Waals surface area (Å²) in [5.41, 5.74) is -0.152. The molecule has 0 radical (unpaired) electrons. The van der Waals surface area contributed by atoms with E-state index < -0.39 is 14.9 Å². The van der Waals surface area contributed by atoms with Gasteiger partial charge in [-0.15, -0.1) is 11.3 Å². The molecule has 0 amide bonds. The fourth-order valence-corrected chi connectivity index (χ4v) is 4.81. The number of piperazine rings is 1. The molecule has 2 heterocycles. The summed E-state index contributed by atoms with van der Waals surface area (Å²) < 4.78 is 26.7. The average Bonchev–Trinajstić information content (AvgIpc) is 3.17. The van der Waals surface area contributed by atoms with Crippen LogP contribution in [-0.2, 0) is 10.0 Å². The molecular weight excluding hydrogens is 378 g/mol. The summed E-state index contributed by atoms with van der Waals surface area (Å²) >= 11 is 1.39. The van der Waals surface area contributed by atoms with Crippen molar-refractivity contribution in [3.63, 3.8) is 0 Å². The molecule has 26 heavy (non-hydrogen) atoms. The Balaban J connectivity index is 1.61. The van der Waals surface area contributed by atoms with Crippen LogP contribution in [0, 0.1) is 10.1 Å². The molecule has 0 atom stereocenters. The molecule has 0 bridgehead atoms. The topological polar surface area (TPSA) is 101 Å². The maximum Gasteiger partial charge on any atom is 0.269 e. The third-order valence-electron chi connectivity index (χ3n) is 4.18. The molecule has 138 valence electrons. The van der Waals surface area contributed by atoms with Crippen molar-refractivity contribution in [2.24, 2.45) is 0 Å². The van der Waals surface area contributed by atoms with Crippen LogP contribution < -0.4 is 0 Å². The summed E-state index contributed by atoms with van der Waals surface area (Å²) in [4.78, 5) is 24.9. The monoisotopic (exact) mass is 395 g/mol. The van der Waals surface area contributed by atoms with Gasteiger partial charge in [-0.1, -0.05) is 6.07 Å². The Morgan fingerprint density at radius 2 is 1.77 bits per heavy atom. The number of carbonyl (C=O) groups is 1. The molecule has 0 aliphatic carbocycles. The van der Waals surface area contributed by atoms with E-state index in [9.17, 15) is 23.3 Å². The van der Waals surface area contributed by atoms with Gasteiger partial charge in [0.2, 0.25) is 10.0 Å². The summed E-state index contributed by atoms with van der Waals surface area (Å²) in [7, 11) is -3.70. The second-order valence-electron chi connectivity index (χ2n) is 5.83. The maximum absolute atomic E-state index is 12.7. The van der Waals surface area contributed by atoms with Crippen LogP contribution in [0.2, 0.25) is 0 Å². The lowest BCUT2D eigenvalue weighted by atomic mass is 10.2. The first-order valence-corrected chi connectivity index (χ1v) is 10.2. The number of hydrogen-bond donors (Lipinski definition) is 0. The predicted octanol–water partition coefficient (Wildman–Crippen LogP) is 1.85. The Hall–Kier alpha value is -2.14. The first-order chi connectivity index (χ1) is 12.4. The Morgan fingerprint density at radius 1 is 1.12 bits per heavy atom. The summed E-state index contributed by atoms with van der Waals surface area (Å²) in [6, 6.07) is 8.47. The third kappa shape index (κ3) is 3.98. The van der Waals surface area contributed by atoms with E-state index in [2.05, 4.69) is 0 Å². The number of Topliss-reactive ketones (excluding diaryl/α,β-unsaturated/α-hetero) is 1. The number of rotatable bonds is 6. The third-order valence-corrected chi connectivity index (χ3v) is 7.00. The highest BCUT2D eigenvalue weighted by Gasteiger charge is 2.29. The molecule has 0 unspecified atom stereocenters. The minimum absolute atomic E-state index is 0.0335. The lowest BCUT2D eigenvalue weighted by Gasteiger charge is -2.33. The minimum Gasteiger partial charge on any atom is -0.293 e. The zero-order valence-corrected chi connectivity index (χ0v) is 15.4. The number of thiophene rings is 1. The van der Waals surface area contributed by atoms with Crippen molar-refractivity contribution in [1.29, 1.82) is 0 Å². The highest BCUT2D eigenvalue weighted by molar-refractivity contribution is 7.89. The Kier molecular flexibility index (Phi) is 5.47. The van der Waals surface area contributed by atoms with Crippen molar-refractivity contribution in [3.05, 3.63) is 56.8 Å².